The SMILES string of the molecule is CCCCC(C)Oc1ccc(C(C)(C)C)cc1NC(=O)/C(=N/N)C(C)=Nc1cc(OC)ccc1OC. The van der Waals surface area contributed by atoms with E-state index in [1.165, 1.54) is 0 Å². The molecule has 2 aromatic carbocycles. The van der Waals surface area contributed by atoms with Crippen molar-refractivity contribution in [2.24, 2.45) is 15.9 Å². The lowest BCUT2D eigenvalue weighted by Crippen LogP contribution is -2.30. The van der Waals surface area contributed by atoms with Crippen molar-refractivity contribution in [2.75, 3.05) is 19.5 Å². The molecule has 0 heterocycles. The standard InChI is InChI=1S/C28H40N4O4/c1-9-10-11-18(2)36-25-14-12-20(28(4,5)6)16-22(25)31-27(33)26(32-29)19(3)30-23-17-21(34-7)13-15-24(23)35-8/h12-18H,9-11,29H2,1-8H3,(H,31,33)/b30-19?,32-26+. The number of nitrogens with zero attached hydrogens (tertiary/aromatic N) is 2. The summed E-state index contributed by atoms with van der Waals surface area (Å²) in [5, 5.41) is 6.68. The molecule has 196 valence electrons. The number of benzene rings is 2. The lowest BCUT2D eigenvalue weighted by atomic mass is 9.87. The average Bonchev–Trinajstić information content (AvgIpc) is 2.83. The van der Waals surface area contributed by atoms with E-state index in [0.29, 0.717) is 34.3 Å². The van der Waals surface area contributed by atoms with E-state index in [-0.39, 0.29) is 17.2 Å². The van der Waals surface area contributed by atoms with Crippen LogP contribution in [-0.2, 0) is 10.2 Å². The van der Waals surface area contributed by atoms with Gasteiger partial charge in [0.2, 0.25) is 0 Å². The van der Waals surface area contributed by atoms with Crippen LogP contribution in [0.25, 0.3) is 0 Å². The Morgan fingerprint density at radius 2 is 1.78 bits per heavy atom. The molecule has 0 fully saturated rings. The van der Waals surface area contributed by atoms with Gasteiger partial charge >= 0.3 is 0 Å². The molecule has 0 radical (unpaired) electrons. The summed E-state index contributed by atoms with van der Waals surface area (Å²) >= 11 is 0. The van der Waals surface area contributed by atoms with Crippen LogP contribution in [0.2, 0.25) is 0 Å². The van der Waals surface area contributed by atoms with Crippen molar-refractivity contribution in [3.63, 3.8) is 0 Å². The zero-order valence-electron chi connectivity index (χ0n) is 22.8. The number of nitrogens with two attached hydrogens (primary N) is 1. The summed E-state index contributed by atoms with van der Waals surface area (Å²) in [4.78, 5) is 17.9. The Bertz CT molecular complexity index is 1100. The Hall–Kier alpha value is -3.55. The number of hydrazone groups is 1. The summed E-state index contributed by atoms with van der Waals surface area (Å²) in [6, 6.07) is 11.1. The maximum absolute atomic E-state index is 13.3. The summed E-state index contributed by atoms with van der Waals surface area (Å²) in [6.07, 6.45) is 3.09. The molecule has 36 heavy (non-hydrogen) atoms. The maximum atomic E-state index is 13.3. The number of unbranched alkanes of at least 4 members (excludes halogenated alkanes) is 1. The number of carbonyl (C=O) groups is 1. The molecule has 2 rings (SSSR count). The van der Waals surface area contributed by atoms with Crippen LogP contribution in [0.15, 0.2) is 46.5 Å². The van der Waals surface area contributed by atoms with Gasteiger partial charge in [0.15, 0.2) is 5.71 Å². The Kier molecular flexibility index (Phi) is 10.3. The Morgan fingerprint density at radius 1 is 1.08 bits per heavy atom. The number of rotatable bonds is 11. The second-order valence-corrected chi connectivity index (χ2v) is 9.70. The second-order valence-electron chi connectivity index (χ2n) is 9.70. The first-order chi connectivity index (χ1) is 17.0. The first-order valence-corrected chi connectivity index (χ1v) is 12.2. The van der Waals surface area contributed by atoms with Gasteiger partial charge in [-0.05, 0) is 55.5 Å². The number of anilines is 1. The van der Waals surface area contributed by atoms with Crippen LogP contribution in [0, 0.1) is 0 Å². The highest BCUT2D eigenvalue weighted by Gasteiger charge is 2.21. The van der Waals surface area contributed by atoms with E-state index in [0.717, 1.165) is 24.8 Å². The molecule has 1 atom stereocenters. The first-order valence-electron chi connectivity index (χ1n) is 12.2. The van der Waals surface area contributed by atoms with Gasteiger partial charge in [-0.25, -0.2) is 4.99 Å². The molecule has 3 N–H and O–H groups in total. The molecule has 1 amide bonds. The van der Waals surface area contributed by atoms with E-state index in [4.69, 9.17) is 20.1 Å². The van der Waals surface area contributed by atoms with Gasteiger partial charge in [-0.2, -0.15) is 5.10 Å². The number of nitrogens with one attached hydrogen (secondary N) is 1. The van der Waals surface area contributed by atoms with Gasteiger partial charge in [-0.15, -0.1) is 0 Å². The molecular formula is C28H40N4O4. The monoisotopic (exact) mass is 496 g/mol. The fourth-order valence-corrected chi connectivity index (χ4v) is 3.58. The molecule has 1 unspecified atom stereocenters. The Morgan fingerprint density at radius 3 is 2.36 bits per heavy atom. The Balaban J connectivity index is 2.39. The van der Waals surface area contributed by atoms with Gasteiger partial charge in [-0.3, -0.25) is 4.79 Å². The molecule has 8 heteroatoms. The van der Waals surface area contributed by atoms with Crippen molar-refractivity contribution in [1.82, 2.24) is 0 Å². The third-order valence-corrected chi connectivity index (χ3v) is 5.75. The molecule has 8 nitrogen and oxygen atoms in total. The minimum Gasteiger partial charge on any atom is -0.497 e. The number of carbonyl (C=O) groups excluding carboxylic acids is 1. The van der Waals surface area contributed by atoms with Crippen LogP contribution >= 0.6 is 0 Å². The van der Waals surface area contributed by atoms with Gasteiger partial charge in [0, 0.05) is 6.07 Å². The van der Waals surface area contributed by atoms with Gasteiger partial charge in [0.25, 0.3) is 5.91 Å². The predicted molar refractivity (Wildman–Crippen MR) is 147 cm³/mol. The summed E-state index contributed by atoms with van der Waals surface area (Å²) in [7, 11) is 3.11. The highest BCUT2D eigenvalue weighted by Crippen LogP contribution is 2.34. The average molecular weight is 497 g/mol. The predicted octanol–water partition coefficient (Wildman–Crippen LogP) is 6.00. The molecule has 0 aromatic heterocycles. The zero-order valence-corrected chi connectivity index (χ0v) is 22.8. The zero-order chi connectivity index (χ0) is 26.9. The number of ether oxygens (including phenoxy) is 3. The fraction of sp³-hybridized carbons (Fsp3) is 0.464. The molecule has 0 bridgehead atoms. The number of hydrogen-bond acceptors (Lipinski definition) is 7. The molecular weight excluding hydrogens is 456 g/mol. The molecule has 0 aliphatic rings. The topological polar surface area (TPSA) is 108 Å². The third-order valence-electron chi connectivity index (χ3n) is 5.75. The van der Waals surface area contributed by atoms with Gasteiger partial charge in [-0.1, -0.05) is 46.6 Å². The largest absolute Gasteiger partial charge is 0.497 e. The highest BCUT2D eigenvalue weighted by atomic mass is 16.5. The number of hydrogen-bond donors (Lipinski definition) is 2. The molecule has 0 aliphatic carbocycles. The van der Waals surface area contributed by atoms with Crippen molar-refractivity contribution >= 4 is 28.7 Å². The summed E-state index contributed by atoms with van der Waals surface area (Å²) < 4.78 is 16.9. The molecule has 0 saturated carbocycles. The lowest BCUT2D eigenvalue weighted by molar-refractivity contribution is -0.110. The van der Waals surface area contributed by atoms with Gasteiger partial charge in [0.1, 0.15) is 22.9 Å². The quantitative estimate of drug-likeness (QED) is 0.225. The summed E-state index contributed by atoms with van der Waals surface area (Å²) in [5.41, 5.74) is 2.31. The van der Waals surface area contributed by atoms with Crippen LogP contribution in [0.3, 0.4) is 0 Å². The summed E-state index contributed by atoms with van der Waals surface area (Å²) in [6.45, 7) is 12.2. The number of methoxy groups -OCH3 is 2. The van der Waals surface area contributed by atoms with Crippen LogP contribution in [-0.4, -0.2) is 37.7 Å². The van der Waals surface area contributed by atoms with Gasteiger partial charge < -0.3 is 25.4 Å². The van der Waals surface area contributed by atoms with Gasteiger partial charge in [0.05, 0.1) is 31.7 Å². The fourth-order valence-electron chi connectivity index (χ4n) is 3.58. The Labute approximate surface area is 214 Å². The van der Waals surface area contributed by atoms with Crippen LogP contribution in [0.4, 0.5) is 11.4 Å². The lowest BCUT2D eigenvalue weighted by Gasteiger charge is -2.23. The van der Waals surface area contributed by atoms with Crippen molar-refractivity contribution in [1.29, 1.82) is 0 Å². The van der Waals surface area contributed by atoms with Crippen molar-refractivity contribution in [2.45, 2.75) is 72.3 Å². The van der Waals surface area contributed by atoms with E-state index < -0.39 is 5.91 Å². The van der Waals surface area contributed by atoms with E-state index in [1.54, 1.807) is 39.3 Å². The second kappa shape index (κ2) is 13.0. The molecule has 0 aliphatic heterocycles. The number of aliphatic imine (C=N–C) groups is 1. The smallest absolute Gasteiger partial charge is 0.278 e. The number of amides is 1. The van der Waals surface area contributed by atoms with Crippen LogP contribution in [0.1, 0.15) is 66.4 Å². The molecule has 0 spiro atoms. The van der Waals surface area contributed by atoms with Crippen molar-refractivity contribution in [3.8, 4) is 17.2 Å². The summed E-state index contributed by atoms with van der Waals surface area (Å²) in [5.74, 6) is 6.89. The highest BCUT2D eigenvalue weighted by molar-refractivity contribution is 6.68. The maximum Gasteiger partial charge on any atom is 0.278 e. The molecule has 0 saturated heterocycles. The van der Waals surface area contributed by atoms with E-state index in [9.17, 15) is 4.79 Å². The minimum atomic E-state index is -0.488. The van der Waals surface area contributed by atoms with Crippen molar-refractivity contribution < 1.29 is 19.0 Å². The van der Waals surface area contributed by atoms with E-state index in [2.05, 4.69) is 43.1 Å². The molecule has 2 aromatic rings. The first kappa shape index (κ1) is 28.7. The normalized spacial score (nSPS) is 13.2. The third kappa shape index (κ3) is 7.73. The van der Waals surface area contributed by atoms with E-state index in [1.807, 2.05) is 25.1 Å². The van der Waals surface area contributed by atoms with Crippen LogP contribution < -0.4 is 25.4 Å². The van der Waals surface area contributed by atoms with Crippen molar-refractivity contribution in [3.05, 3.63) is 42.0 Å². The van der Waals surface area contributed by atoms with Crippen LogP contribution in [0.5, 0.6) is 17.2 Å². The van der Waals surface area contributed by atoms with E-state index >= 15 is 0 Å². The minimum absolute atomic E-state index is 0.00700.